The lowest BCUT2D eigenvalue weighted by atomic mass is 11.1. The third-order valence-electron chi connectivity index (χ3n) is 0.392. The summed E-state index contributed by atoms with van der Waals surface area (Å²) in [5.74, 6) is 0. The Hall–Kier alpha value is -0.220. The second-order valence-corrected chi connectivity index (χ2v) is 1.86. The van der Waals surface area contributed by atoms with Crippen LogP contribution in [0.4, 0.5) is 0 Å². The van der Waals surface area contributed by atoms with E-state index in [1.54, 1.807) is 5.41 Å². The summed E-state index contributed by atoms with van der Waals surface area (Å²) in [6, 6.07) is 0. The molecule has 0 spiro atoms. The molecule has 7 heavy (non-hydrogen) atoms. The molecule has 1 heterocycles. The monoisotopic (exact) mass is 137 g/mol. The SMILES string of the molecule is Cl.N=S1C=CN=N1. The molecule has 1 unspecified atom stereocenters. The molecule has 0 aromatic rings. The number of hydrogen-bond acceptors (Lipinski definition) is 2. The highest BCUT2D eigenvalue weighted by molar-refractivity contribution is 7.87. The highest BCUT2D eigenvalue weighted by Crippen LogP contribution is 1.97. The molecule has 5 heteroatoms. The van der Waals surface area contributed by atoms with Crippen LogP contribution in [-0.2, 0) is 10.9 Å². The maximum absolute atomic E-state index is 6.81. The molecule has 0 bridgehead atoms. The van der Waals surface area contributed by atoms with Crippen LogP contribution < -0.4 is 0 Å². The van der Waals surface area contributed by atoms with Gasteiger partial charge in [-0.25, -0.2) is 0 Å². The summed E-state index contributed by atoms with van der Waals surface area (Å²) < 4.78 is 10.3. The molecule has 1 rings (SSSR count). The summed E-state index contributed by atoms with van der Waals surface area (Å²) in [5, 5.41) is 5.07. The van der Waals surface area contributed by atoms with Gasteiger partial charge in [0.15, 0.2) is 0 Å². The zero-order valence-corrected chi connectivity index (χ0v) is 5.00. The first kappa shape index (κ1) is 6.78. The van der Waals surface area contributed by atoms with Crippen molar-refractivity contribution in [2.75, 3.05) is 0 Å². The Bertz CT molecular complexity index is 115. The third kappa shape index (κ3) is 1.80. The van der Waals surface area contributed by atoms with Crippen LogP contribution in [0.1, 0.15) is 0 Å². The Balaban J connectivity index is 0.000000360. The minimum Gasteiger partial charge on any atom is -0.254 e. The van der Waals surface area contributed by atoms with E-state index in [1.165, 1.54) is 6.20 Å². The fourth-order valence-corrected chi connectivity index (χ4v) is 0.570. The lowest BCUT2D eigenvalue weighted by Gasteiger charge is -1.68. The minimum atomic E-state index is -0.645. The first-order chi connectivity index (χ1) is 2.89. The molecule has 0 saturated heterocycles. The number of nitrogens with zero attached hydrogens (tertiary/aromatic N) is 2. The quantitative estimate of drug-likeness (QED) is 0.528. The van der Waals surface area contributed by atoms with Gasteiger partial charge in [-0.1, -0.05) is 0 Å². The van der Waals surface area contributed by atoms with E-state index in [1.807, 2.05) is 0 Å². The van der Waals surface area contributed by atoms with E-state index in [-0.39, 0.29) is 12.4 Å². The van der Waals surface area contributed by atoms with Crippen LogP contribution in [0.15, 0.2) is 21.2 Å². The van der Waals surface area contributed by atoms with E-state index in [0.29, 0.717) is 0 Å². The summed E-state index contributed by atoms with van der Waals surface area (Å²) in [6.45, 7) is 0. The number of rotatable bonds is 0. The van der Waals surface area contributed by atoms with Gasteiger partial charge in [0, 0.05) is 5.41 Å². The van der Waals surface area contributed by atoms with Gasteiger partial charge >= 0.3 is 0 Å². The van der Waals surface area contributed by atoms with E-state index >= 15 is 0 Å². The molecule has 0 aromatic carbocycles. The minimum absolute atomic E-state index is 0. The Labute approximate surface area is 50.0 Å². The summed E-state index contributed by atoms with van der Waals surface area (Å²) in [7, 11) is -0.645. The van der Waals surface area contributed by atoms with E-state index in [0.717, 1.165) is 0 Å². The van der Waals surface area contributed by atoms with Crippen molar-refractivity contribution in [2.24, 2.45) is 9.63 Å². The molecule has 0 fully saturated rings. The number of halogens is 1. The first-order valence-electron chi connectivity index (χ1n) is 1.41. The molecule has 0 aliphatic carbocycles. The van der Waals surface area contributed by atoms with Crippen LogP contribution >= 0.6 is 12.4 Å². The van der Waals surface area contributed by atoms with Crippen molar-refractivity contribution in [1.29, 1.82) is 4.78 Å². The van der Waals surface area contributed by atoms with Crippen molar-refractivity contribution in [3.63, 3.8) is 0 Å². The number of nitrogens with one attached hydrogen (secondary N) is 1. The topological polar surface area (TPSA) is 48.6 Å². The fraction of sp³-hybridized carbons (Fsp3) is 0. The van der Waals surface area contributed by atoms with Crippen LogP contribution in [0.5, 0.6) is 0 Å². The molecule has 1 aliphatic heterocycles. The van der Waals surface area contributed by atoms with Gasteiger partial charge in [0.05, 0.1) is 17.1 Å². The zero-order chi connectivity index (χ0) is 4.41. The second kappa shape index (κ2) is 2.87. The summed E-state index contributed by atoms with van der Waals surface area (Å²) >= 11 is 0. The Kier molecular flexibility index (Phi) is 2.78. The highest BCUT2D eigenvalue weighted by atomic mass is 35.5. The van der Waals surface area contributed by atoms with Gasteiger partial charge in [-0.15, -0.1) is 22.0 Å². The van der Waals surface area contributed by atoms with E-state index in [9.17, 15) is 0 Å². The van der Waals surface area contributed by atoms with Crippen molar-refractivity contribution in [3.05, 3.63) is 11.6 Å². The summed E-state index contributed by atoms with van der Waals surface area (Å²) in [4.78, 5) is 0. The van der Waals surface area contributed by atoms with Crippen LogP contribution in [0, 0.1) is 4.78 Å². The maximum atomic E-state index is 6.81. The van der Waals surface area contributed by atoms with Crippen LogP contribution in [0.3, 0.4) is 0 Å². The van der Waals surface area contributed by atoms with Gasteiger partial charge in [-0.3, -0.25) is 4.78 Å². The molecule has 1 atom stereocenters. The van der Waals surface area contributed by atoms with Gasteiger partial charge in [0.1, 0.15) is 0 Å². The predicted octanol–water partition coefficient (Wildman–Crippen LogP) is 1.64. The molecule has 0 saturated carbocycles. The maximum Gasteiger partial charge on any atom is 0.0609 e. The third-order valence-corrected chi connectivity index (χ3v) is 1.04. The van der Waals surface area contributed by atoms with E-state index in [2.05, 4.69) is 9.63 Å². The lowest BCUT2D eigenvalue weighted by Crippen LogP contribution is -1.58. The van der Waals surface area contributed by atoms with Gasteiger partial charge in [-0.2, -0.15) is 0 Å². The molecule has 3 nitrogen and oxygen atoms in total. The molecule has 0 amide bonds. The predicted molar refractivity (Wildman–Crippen MR) is 31.3 cm³/mol. The smallest absolute Gasteiger partial charge is 0.0609 e. The standard InChI is InChI=1S/C2H3N3S.ClH/c3-6-2-1-4-5-6;/h1-3H;1H. The molecule has 0 aromatic heterocycles. The second-order valence-electron chi connectivity index (χ2n) is 0.797. The lowest BCUT2D eigenvalue weighted by molar-refractivity contribution is 1.36. The van der Waals surface area contributed by atoms with Crippen molar-refractivity contribution in [2.45, 2.75) is 0 Å². The zero-order valence-electron chi connectivity index (χ0n) is 3.37. The molecular weight excluding hydrogens is 134 g/mol. The van der Waals surface area contributed by atoms with Crippen molar-refractivity contribution < 1.29 is 0 Å². The summed E-state index contributed by atoms with van der Waals surface area (Å²) in [6.07, 6.45) is 1.54. The average molecular weight is 138 g/mol. The normalized spacial score (nSPS) is 24.9. The number of hydrogen-bond donors (Lipinski definition) is 1. The highest BCUT2D eigenvalue weighted by Gasteiger charge is 1.84. The largest absolute Gasteiger partial charge is 0.254 e. The van der Waals surface area contributed by atoms with Crippen molar-refractivity contribution in [1.82, 2.24) is 0 Å². The Morgan fingerprint density at radius 1 is 1.57 bits per heavy atom. The Morgan fingerprint density at radius 2 is 2.29 bits per heavy atom. The molecule has 1 aliphatic rings. The van der Waals surface area contributed by atoms with Gasteiger partial charge < -0.3 is 0 Å². The van der Waals surface area contributed by atoms with Crippen molar-refractivity contribution >= 4 is 23.3 Å². The van der Waals surface area contributed by atoms with E-state index in [4.69, 9.17) is 4.78 Å². The molecule has 1 N–H and O–H groups in total. The van der Waals surface area contributed by atoms with E-state index < -0.39 is 10.9 Å². The molecule has 40 valence electrons. The summed E-state index contributed by atoms with van der Waals surface area (Å²) in [5.41, 5.74) is 0. The van der Waals surface area contributed by atoms with Gasteiger partial charge in [0.2, 0.25) is 0 Å². The fourth-order valence-electron chi connectivity index (χ4n) is 0.190. The Morgan fingerprint density at radius 3 is 2.43 bits per heavy atom. The molecular formula is C2H4ClN3S. The molecule has 0 radical (unpaired) electrons. The first-order valence-corrected chi connectivity index (χ1v) is 2.66. The van der Waals surface area contributed by atoms with Gasteiger partial charge in [0.25, 0.3) is 0 Å². The van der Waals surface area contributed by atoms with Crippen LogP contribution in [-0.4, -0.2) is 0 Å². The van der Waals surface area contributed by atoms with Crippen molar-refractivity contribution in [3.8, 4) is 0 Å². The van der Waals surface area contributed by atoms with Gasteiger partial charge in [-0.05, 0) is 0 Å². The van der Waals surface area contributed by atoms with Crippen LogP contribution in [0.2, 0.25) is 0 Å². The van der Waals surface area contributed by atoms with Crippen LogP contribution in [0.25, 0.3) is 0 Å². The average Bonchev–Trinajstić information content (AvgIpc) is 1.86.